The lowest BCUT2D eigenvalue weighted by molar-refractivity contribution is -0.000362. The summed E-state index contributed by atoms with van der Waals surface area (Å²) in [7, 11) is 0. The van der Waals surface area contributed by atoms with Crippen molar-refractivity contribution in [3.8, 4) is 0 Å². The van der Waals surface area contributed by atoms with E-state index in [1.54, 1.807) is 0 Å². The molecule has 0 atom stereocenters. The number of hydrogen-bond acceptors (Lipinski definition) is 11. The Hall–Kier alpha value is 1.48. The number of carbonyl (C=O) groups excluding carboxylic acids is 2. The molecular formula is C32H40I6N2O9. The summed E-state index contributed by atoms with van der Waals surface area (Å²) in [5.41, 5.74) is 1.23. The first kappa shape index (κ1) is 44.9. The number of ether oxygens (including phenoxy) is 7. The fourth-order valence-corrected chi connectivity index (χ4v) is 9.16. The van der Waals surface area contributed by atoms with E-state index >= 15 is 0 Å². The third kappa shape index (κ3) is 18.1. The lowest BCUT2D eigenvalue weighted by Crippen LogP contribution is -2.38. The van der Waals surface area contributed by atoms with E-state index in [4.69, 9.17) is 33.2 Å². The second-order valence-electron chi connectivity index (χ2n) is 10.5. The Kier molecular flexibility index (Phi) is 24.1. The first-order chi connectivity index (χ1) is 23.7. The summed E-state index contributed by atoms with van der Waals surface area (Å²) in [6, 6.07) is 7.76. The third-order valence-electron chi connectivity index (χ3n) is 7.03. The number of carbonyl (C=O) groups is 2. The van der Waals surface area contributed by atoms with Crippen molar-refractivity contribution < 1.29 is 42.7 Å². The number of nitrogens with zero attached hydrogens (tertiary/aromatic N) is 2. The Bertz CT molecular complexity index is 1310. The molecule has 11 nitrogen and oxygen atoms in total. The van der Waals surface area contributed by atoms with Crippen LogP contribution < -0.4 is 0 Å². The Balaban J connectivity index is 0.000000267. The first-order valence-corrected chi connectivity index (χ1v) is 22.1. The summed E-state index contributed by atoms with van der Waals surface area (Å²) in [5, 5.41) is 0. The quantitative estimate of drug-likeness (QED) is 0.0804. The number of morpholine rings is 2. The van der Waals surface area contributed by atoms with E-state index in [0.717, 1.165) is 87.1 Å². The lowest BCUT2D eigenvalue weighted by atomic mass is 10.2. The standard InChI is InChI=1S/C17H22I3NO5.C15H18I3NO4/c18-13-11-14(16(20)15(19)12-13)17(22)26-10-9-25-8-7-24-6-3-21-1-4-23-5-2-21;16-11-9-12(14(18)13(17)10-11)15(20)23-8-7-22-6-3-19-1-4-21-5-2-19/h11-12H,1-10H2;9-10H,1-8H2. The van der Waals surface area contributed by atoms with E-state index in [1.165, 1.54) is 0 Å². The summed E-state index contributed by atoms with van der Waals surface area (Å²) in [6.07, 6.45) is 0. The van der Waals surface area contributed by atoms with Crippen molar-refractivity contribution in [1.82, 2.24) is 9.80 Å². The van der Waals surface area contributed by atoms with E-state index in [0.29, 0.717) is 50.8 Å². The van der Waals surface area contributed by atoms with Gasteiger partial charge in [-0.2, -0.15) is 0 Å². The van der Waals surface area contributed by atoms with Crippen molar-refractivity contribution in [2.24, 2.45) is 0 Å². The highest BCUT2D eigenvalue weighted by molar-refractivity contribution is 14.1. The zero-order chi connectivity index (χ0) is 35.4. The normalized spacial score (nSPS) is 15.4. The maximum absolute atomic E-state index is 12.2. The molecule has 0 bridgehead atoms. The van der Waals surface area contributed by atoms with Gasteiger partial charge >= 0.3 is 11.9 Å². The minimum absolute atomic E-state index is 0.241. The Morgan fingerprint density at radius 1 is 0.531 bits per heavy atom. The minimum Gasteiger partial charge on any atom is -0.460 e. The van der Waals surface area contributed by atoms with Gasteiger partial charge in [0.05, 0.1) is 77.2 Å². The van der Waals surface area contributed by atoms with Crippen LogP contribution in [0.4, 0.5) is 0 Å². The van der Waals surface area contributed by atoms with Crippen LogP contribution in [0.5, 0.6) is 0 Å². The molecule has 0 aliphatic carbocycles. The van der Waals surface area contributed by atoms with Gasteiger partial charge in [0.2, 0.25) is 0 Å². The topological polar surface area (TPSA) is 105 Å². The molecule has 49 heavy (non-hydrogen) atoms. The molecule has 0 radical (unpaired) electrons. The smallest absolute Gasteiger partial charge is 0.339 e. The van der Waals surface area contributed by atoms with Crippen molar-refractivity contribution >= 4 is 147 Å². The van der Waals surface area contributed by atoms with E-state index in [9.17, 15) is 9.59 Å². The average molecular weight is 1360 g/mol. The monoisotopic (exact) mass is 1360 g/mol. The highest BCUT2D eigenvalue weighted by Crippen LogP contribution is 2.24. The van der Waals surface area contributed by atoms with Crippen LogP contribution in [-0.2, 0) is 33.2 Å². The lowest BCUT2D eigenvalue weighted by Gasteiger charge is -2.26. The van der Waals surface area contributed by atoms with E-state index in [1.807, 2.05) is 24.3 Å². The molecule has 0 aromatic heterocycles. The Morgan fingerprint density at radius 3 is 1.27 bits per heavy atom. The summed E-state index contributed by atoms with van der Waals surface area (Å²) >= 11 is 13.2. The highest BCUT2D eigenvalue weighted by atomic mass is 127. The summed E-state index contributed by atoms with van der Waals surface area (Å²) < 4.78 is 43.7. The van der Waals surface area contributed by atoms with Gasteiger partial charge in [-0.15, -0.1) is 0 Å². The van der Waals surface area contributed by atoms with Gasteiger partial charge in [-0.05, 0) is 160 Å². The van der Waals surface area contributed by atoms with Gasteiger partial charge in [-0.25, -0.2) is 9.59 Å². The Morgan fingerprint density at radius 2 is 0.878 bits per heavy atom. The highest BCUT2D eigenvalue weighted by Gasteiger charge is 2.16. The van der Waals surface area contributed by atoms with Gasteiger partial charge in [0, 0.05) is 60.7 Å². The zero-order valence-corrected chi connectivity index (χ0v) is 39.8. The molecule has 2 aromatic carbocycles. The molecule has 2 aliphatic heterocycles. The van der Waals surface area contributed by atoms with Crippen LogP contribution in [0.1, 0.15) is 20.7 Å². The molecule has 274 valence electrons. The first-order valence-electron chi connectivity index (χ1n) is 15.6. The van der Waals surface area contributed by atoms with Gasteiger partial charge in [0.25, 0.3) is 0 Å². The molecular weight excluding hydrogens is 1320 g/mol. The minimum atomic E-state index is -0.309. The molecule has 4 rings (SSSR count). The van der Waals surface area contributed by atoms with Crippen molar-refractivity contribution in [2.75, 3.05) is 119 Å². The van der Waals surface area contributed by atoms with Crippen LogP contribution in [0.15, 0.2) is 24.3 Å². The molecule has 2 aromatic rings. The molecule has 0 spiro atoms. The maximum atomic E-state index is 12.2. The SMILES string of the molecule is O=C(OCCOCCN1CCOCC1)c1cc(I)cc(I)c1I.O=C(OCCOCCOCCN1CCOCC1)c1cc(I)cc(I)c1I. The van der Waals surface area contributed by atoms with Gasteiger partial charge in [0.1, 0.15) is 13.2 Å². The molecule has 0 saturated carbocycles. The van der Waals surface area contributed by atoms with Crippen LogP contribution in [0.25, 0.3) is 0 Å². The predicted molar refractivity (Wildman–Crippen MR) is 237 cm³/mol. The van der Waals surface area contributed by atoms with Crippen molar-refractivity contribution in [2.45, 2.75) is 0 Å². The Labute approximate surface area is 370 Å². The second kappa shape index (κ2) is 26.3. The van der Waals surface area contributed by atoms with Crippen molar-refractivity contribution in [3.63, 3.8) is 0 Å². The number of esters is 2. The molecule has 0 N–H and O–H groups in total. The third-order valence-corrected chi connectivity index (χ3v) is 14.4. The van der Waals surface area contributed by atoms with Gasteiger partial charge in [-0.3, -0.25) is 9.80 Å². The maximum Gasteiger partial charge on any atom is 0.339 e. The summed E-state index contributed by atoms with van der Waals surface area (Å²) in [5.74, 6) is -0.598. The van der Waals surface area contributed by atoms with Crippen LogP contribution in [0, 0.1) is 21.4 Å². The number of halogens is 6. The fraction of sp³-hybridized carbons (Fsp3) is 0.562. The predicted octanol–water partition coefficient (Wildman–Crippen LogP) is 6.03. The van der Waals surface area contributed by atoms with E-state index in [-0.39, 0.29) is 25.2 Å². The fourth-order valence-electron chi connectivity index (χ4n) is 4.41. The molecule has 17 heteroatoms. The zero-order valence-electron chi connectivity index (χ0n) is 26.9. The number of hydrogen-bond donors (Lipinski definition) is 0. The summed E-state index contributed by atoms with van der Waals surface area (Å²) in [6.45, 7) is 12.6. The van der Waals surface area contributed by atoms with E-state index < -0.39 is 0 Å². The van der Waals surface area contributed by atoms with Crippen molar-refractivity contribution in [3.05, 3.63) is 56.8 Å². The van der Waals surface area contributed by atoms with Crippen LogP contribution >= 0.6 is 136 Å². The number of benzene rings is 2. The molecule has 2 saturated heterocycles. The molecule has 2 fully saturated rings. The van der Waals surface area contributed by atoms with Crippen molar-refractivity contribution in [1.29, 1.82) is 0 Å². The average Bonchev–Trinajstić information content (AvgIpc) is 3.09. The second-order valence-corrected chi connectivity index (χ2v) is 17.5. The van der Waals surface area contributed by atoms with Crippen LogP contribution in [-0.4, -0.2) is 140 Å². The summed E-state index contributed by atoms with van der Waals surface area (Å²) in [4.78, 5) is 28.9. The molecule has 0 amide bonds. The van der Waals surface area contributed by atoms with Gasteiger partial charge < -0.3 is 33.2 Å². The molecule has 2 aliphatic rings. The molecule has 2 heterocycles. The van der Waals surface area contributed by atoms with Gasteiger partial charge in [-0.1, -0.05) is 0 Å². The molecule has 0 unspecified atom stereocenters. The number of rotatable bonds is 17. The van der Waals surface area contributed by atoms with E-state index in [2.05, 4.69) is 145 Å². The largest absolute Gasteiger partial charge is 0.460 e. The van der Waals surface area contributed by atoms with Gasteiger partial charge in [0.15, 0.2) is 0 Å². The van der Waals surface area contributed by atoms with Crippen LogP contribution in [0.2, 0.25) is 0 Å². The van der Waals surface area contributed by atoms with Crippen LogP contribution in [0.3, 0.4) is 0 Å².